The zero-order chi connectivity index (χ0) is 20.3. The van der Waals surface area contributed by atoms with Gasteiger partial charge in [-0.3, -0.25) is 4.79 Å². The van der Waals surface area contributed by atoms with Gasteiger partial charge in [0.15, 0.2) is 6.61 Å². The number of amides is 1. The lowest BCUT2D eigenvalue weighted by molar-refractivity contribution is -0.119. The molecule has 3 rings (SSSR count). The monoisotopic (exact) mass is 400 g/mol. The summed E-state index contributed by atoms with van der Waals surface area (Å²) in [6.07, 6.45) is 5.30. The normalized spacial score (nSPS) is 16.1. The van der Waals surface area contributed by atoms with Gasteiger partial charge in [-0.05, 0) is 48.3 Å². The molecule has 1 amide bonds. The number of nitriles is 1. The number of hydrogen-bond donors (Lipinski definition) is 1. The summed E-state index contributed by atoms with van der Waals surface area (Å²) in [6, 6.07) is 5.27. The predicted molar refractivity (Wildman–Crippen MR) is 106 cm³/mol. The van der Waals surface area contributed by atoms with Crippen LogP contribution < -0.4 is 5.32 Å². The second kappa shape index (κ2) is 8.19. The van der Waals surface area contributed by atoms with E-state index in [-0.39, 0.29) is 11.2 Å². The standard InChI is InChI=1S/C21H24N2O4S/c1-4-21(2,3)13-7-8-14-15(11-22)19(28-17(14)10-13)23-18(24)12-27-20(25)16-6-5-9-26-16/h5-6,9,13H,4,7-8,10,12H2,1-3H3,(H,23,24). The average molecular weight is 401 g/mol. The van der Waals surface area contributed by atoms with Gasteiger partial charge < -0.3 is 14.5 Å². The summed E-state index contributed by atoms with van der Waals surface area (Å²) in [4.78, 5) is 25.2. The second-order valence-electron chi connectivity index (χ2n) is 7.70. The minimum absolute atomic E-state index is 0.0432. The molecule has 148 valence electrons. The highest BCUT2D eigenvalue weighted by Crippen LogP contribution is 2.45. The first-order chi connectivity index (χ1) is 13.4. The van der Waals surface area contributed by atoms with E-state index in [2.05, 4.69) is 32.2 Å². The fourth-order valence-corrected chi connectivity index (χ4v) is 4.80. The molecule has 1 atom stereocenters. The molecule has 0 fully saturated rings. The molecule has 0 saturated heterocycles. The van der Waals surface area contributed by atoms with Crippen molar-refractivity contribution in [1.29, 1.82) is 5.26 Å². The van der Waals surface area contributed by atoms with Crippen molar-refractivity contribution < 1.29 is 18.7 Å². The van der Waals surface area contributed by atoms with Crippen LogP contribution in [0.15, 0.2) is 22.8 Å². The van der Waals surface area contributed by atoms with E-state index < -0.39 is 18.5 Å². The number of ether oxygens (including phenoxy) is 1. The molecule has 0 spiro atoms. The molecule has 1 aliphatic carbocycles. The second-order valence-corrected chi connectivity index (χ2v) is 8.81. The van der Waals surface area contributed by atoms with E-state index in [4.69, 9.17) is 9.15 Å². The summed E-state index contributed by atoms with van der Waals surface area (Å²) < 4.78 is 9.89. The van der Waals surface area contributed by atoms with E-state index in [1.807, 2.05) is 0 Å². The number of nitrogens with zero attached hydrogens (tertiary/aromatic N) is 1. The molecule has 0 radical (unpaired) electrons. The smallest absolute Gasteiger partial charge is 0.374 e. The molecule has 1 aliphatic rings. The third-order valence-electron chi connectivity index (χ3n) is 5.70. The van der Waals surface area contributed by atoms with E-state index in [9.17, 15) is 14.9 Å². The summed E-state index contributed by atoms with van der Waals surface area (Å²) in [5.74, 6) is -0.564. The van der Waals surface area contributed by atoms with Crippen LogP contribution in [0, 0.1) is 22.7 Å². The molecule has 7 heteroatoms. The van der Waals surface area contributed by atoms with Gasteiger partial charge in [0.05, 0.1) is 11.8 Å². The van der Waals surface area contributed by atoms with Gasteiger partial charge in [-0.2, -0.15) is 5.26 Å². The van der Waals surface area contributed by atoms with E-state index in [0.29, 0.717) is 16.5 Å². The Labute approximate surface area is 168 Å². The Morgan fingerprint density at radius 3 is 2.89 bits per heavy atom. The van der Waals surface area contributed by atoms with Crippen LogP contribution in [-0.4, -0.2) is 18.5 Å². The number of rotatable bonds is 6. The van der Waals surface area contributed by atoms with Gasteiger partial charge >= 0.3 is 5.97 Å². The number of furan rings is 1. The largest absolute Gasteiger partial charge is 0.457 e. The summed E-state index contributed by atoms with van der Waals surface area (Å²) in [5, 5.41) is 12.9. The minimum atomic E-state index is -0.698. The number of fused-ring (bicyclic) bond motifs is 1. The Morgan fingerprint density at radius 2 is 2.25 bits per heavy atom. The quantitative estimate of drug-likeness (QED) is 0.718. The summed E-state index contributed by atoms with van der Waals surface area (Å²) in [6.45, 7) is 6.35. The molecule has 0 saturated carbocycles. The first kappa shape index (κ1) is 20.2. The van der Waals surface area contributed by atoms with Crippen molar-refractivity contribution in [2.24, 2.45) is 11.3 Å². The van der Waals surface area contributed by atoms with Gasteiger partial charge in [-0.1, -0.05) is 27.2 Å². The van der Waals surface area contributed by atoms with Crippen molar-refractivity contribution >= 4 is 28.2 Å². The molecule has 1 unspecified atom stereocenters. The highest BCUT2D eigenvalue weighted by atomic mass is 32.1. The summed E-state index contributed by atoms with van der Waals surface area (Å²) in [7, 11) is 0. The number of anilines is 1. The summed E-state index contributed by atoms with van der Waals surface area (Å²) >= 11 is 1.46. The van der Waals surface area contributed by atoms with E-state index in [0.717, 1.165) is 31.2 Å². The Balaban J connectivity index is 1.67. The van der Waals surface area contributed by atoms with Crippen LogP contribution >= 0.6 is 11.3 Å². The molecule has 6 nitrogen and oxygen atoms in total. The molecule has 0 bridgehead atoms. The highest BCUT2D eigenvalue weighted by molar-refractivity contribution is 7.16. The lowest BCUT2D eigenvalue weighted by Gasteiger charge is -2.36. The Bertz CT molecular complexity index is 906. The van der Waals surface area contributed by atoms with Gasteiger partial charge in [0.1, 0.15) is 11.1 Å². The lowest BCUT2D eigenvalue weighted by atomic mass is 9.69. The van der Waals surface area contributed by atoms with E-state index in [1.54, 1.807) is 6.07 Å². The molecular weight excluding hydrogens is 376 g/mol. The molecular formula is C21H24N2O4S. The van der Waals surface area contributed by atoms with Crippen LogP contribution in [0.25, 0.3) is 0 Å². The molecule has 0 aliphatic heterocycles. The van der Waals surface area contributed by atoms with Crippen LogP contribution in [0.3, 0.4) is 0 Å². The zero-order valence-corrected chi connectivity index (χ0v) is 17.1. The van der Waals surface area contributed by atoms with E-state index >= 15 is 0 Å². The fraction of sp³-hybridized carbons (Fsp3) is 0.476. The zero-order valence-electron chi connectivity index (χ0n) is 16.3. The van der Waals surface area contributed by atoms with Gasteiger partial charge in [0.2, 0.25) is 5.76 Å². The van der Waals surface area contributed by atoms with Gasteiger partial charge in [0.25, 0.3) is 5.91 Å². The van der Waals surface area contributed by atoms with Crippen molar-refractivity contribution in [2.45, 2.75) is 46.5 Å². The van der Waals surface area contributed by atoms with Gasteiger partial charge in [-0.15, -0.1) is 11.3 Å². The first-order valence-corrected chi connectivity index (χ1v) is 10.2. The molecule has 0 aromatic carbocycles. The summed E-state index contributed by atoms with van der Waals surface area (Å²) in [5.41, 5.74) is 1.84. The lowest BCUT2D eigenvalue weighted by Crippen LogP contribution is -2.28. The van der Waals surface area contributed by atoms with Crippen LogP contribution in [0.1, 0.15) is 60.2 Å². The Kier molecular flexibility index (Phi) is 5.90. The van der Waals surface area contributed by atoms with Crippen molar-refractivity contribution in [3.63, 3.8) is 0 Å². The Hall–Kier alpha value is -2.59. The van der Waals surface area contributed by atoms with Crippen molar-refractivity contribution in [3.05, 3.63) is 40.2 Å². The first-order valence-electron chi connectivity index (χ1n) is 9.40. The maximum atomic E-state index is 12.2. The highest BCUT2D eigenvalue weighted by Gasteiger charge is 2.34. The number of thiophene rings is 1. The minimum Gasteiger partial charge on any atom is -0.457 e. The molecule has 1 N–H and O–H groups in total. The predicted octanol–water partition coefficient (Wildman–Crippen LogP) is 4.55. The van der Waals surface area contributed by atoms with Crippen LogP contribution in [0.5, 0.6) is 0 Å². The van der Waals surface area contributed by atoms with Crippen molar-refractivity contribution in [2.75, 3.05) is 11.9 Å². The topological polar surface area (TPSA) is 92.3 Å². The molecule has 2 aromatic rings. The molecule has 28 heavy (non-hydrogen) atoms. The molecule has 2 aromatic heterocycles. The van der Waals surface area contributed by atoms with E-state index in [1.165, 1.54) is 28.5 Å². The number of carbonyl (C=O) groups is 2. The van der Waals surface area contributed by atoms with Gasteiger partial charge in [0, 0.05) is 4.88 Å². The third kappa shape index (κ3) is 4.12. The van der Waals surface area contributed by atoms with Gasteiger partial charge in [-0.25, -0.2) is 4.79 Å². The average Bonchev–Trinajstić information content (AvgIpc) is 3.33. The maximum Gasteiger partial charge on any atom is 0.374 e. The Morgan fingerprint density at radius 1 is 1.46 bits per heavy atom. The maximum absolute atomic E-state index is 12.2. The SMILES string of the molecule is CCC(C)(C)C1CCc2c(sc(NC(=O)COC(=O)c3ccco3)c2C#N)C1. The third-order valence-corrected chi connectivity index (χ3v) is 6.87. The van der Waals surface area contributed by atoms with Crippen LogP contribution in [0.2, 0.25) is 0 Å². The number of esters is 1. The fourth-order valence-electron chi connectivity index (χ4n) is 3.51. The molecule has 2 heterocycles. The number of hydrogen-bond acceptors (Lipinski definition) is 6. The van der Waals surface area contributed by atoms with Crippen molar-refractivity contribution in [1.82, 2.24) is 0 Å². The van der Waals surface area contributed by atoms with Crippen LogP contribution in [-0.2, 0) is 22.4 Å². The number of carbonyl (C=O) groups excluding carboxylic acids is 2. The van der Waals surface area contributed by atoms with Crippen molar-refractivity contribution in [3.8, 4) is 6.07 Å². The van der Waals surface area contributed by atoms with Crippen LogP contribution in [0.4, 0.5) is 5.00 Å². The number of nitrogens with one attached hydrogen (secondary N) is 1.